The van der Waals surface area contributed by atoms with Crippen molar-refractivity contribution in [3.63, 3.8) is 0 Å². The van der Waals surface area contributed by atoms with E-state index in [-0.39, 0.29) is 0 Å². The number of piperidine rings is 1. The van der Waals surface area contributed by atoms with E-state index in [2.05, 4.69) is 33.8 Å². The maximum absolute atomic E-state index is 4.42. The molecule has 1 aliphatic heterocycles. The molecule has 90 valence electrons. The van der Waals surface area contributed by atoms with E-state index < -0.39 is 0 Å². The molecular formula is C13H18N4. The quantitative estimate of drug-likeness (QED) is 0.827. The van der Waals surface area contributed by atoms with Gasteiger partial charge < -0.3 is 9.88 Å². The largest absolute Gasteiger partial charge is 0.357 e. The molecule has 1 saturated heterocycles. The normalized spacial score (nSPS) is 17.5. The number of H-pyrrole nitrogens is 1. The fourth-order valence-corrected chi connectivity index (χ4v) is 2.48. The summed E-state index contributed by atoms with van der Waals surface area (Å²) in [6.07, 6.45) is 6.56. The lowest BCUT2D eigenvalue weighted by molar-refractivity contribution is 0.453. The van der Waals surface area contributed by atoms with Crippen LogP contribution in [-0.2, 0) is 7.05 Å². The van der Waals surface area contributed by atoms with Crippen molar-refractivity contribution in [1.82, 2.24) is 20.1 Å². The summed E-state index contributed by atoms with van der Waals surface area (Å²) in [6, 6.07) is 4.30. The first-order valence-electron chi connectivity index (χ1n) is 6.21. The van der Waals surface area contributed by atoms with Crippen molar-refractivity contribution >= 4 is 0 Å². The Morgan fingerprint density at radius 1 is 1.35 bits per heavy atom. The Bertz CT molecular complexity index is 491. The van der Waals surface area contributed by atoms with E-state index in [0.717, 1.165) is 18.8 Å². The molecular weight excluding hydrogens is 212 g/mol. The van der Waals surface area contributed by atoms with Crippen molar-refractivity contribution in [3.8, 4) is 11.3 Å². The van der Waals surface area contributed by atoms with Gasteiger partial charge in [-0.2, -0.15) is 5.10 Å². The summed E-state index contributed by atoms with van der Waals surface area (Å²) >= 11 is 0. The van der Waals surface area contributed by atoms with Crippen LogP contribution in [0.1, 0.15) is 24.5 Å². The molecule has 0 atom stereocenters. The van der Waals surface area contributed by atoms with Crippen LogP contribution in [0.5, 0.6) is 0 Å². The molecule has 0 unspecified atom stereocenters. The van der Waals surface area contributed by atoms with Crippen LogP contribution < -0.4 is 5.32 Å². The van der Waals surface area contributed by atoms with E-state index in [4.69, 9.17) is 0 Å². The van der Waals surface area contributed by atoms with Crippen LogP contribution in [-0.4, -0.2) is 27.9 Å². The molecule has 0 aliphatic carbocycles. The minimum atomic E-state index is 0.640. The number of aryl methyl sites for hydroxylation is 1. The van der Waals surface area contributed by atoms with Gasteiger partial charge in [0.25, 0.3) is 0 Å². The van der Waals surface area contributed by atoms with Gasteiger partial charge in [0, 0.05) is 36.6 Å². The van der Waals surface area contributed by atoms with E-state index in [1.54, 1.807) is 0 Å². The van der Waals surface area contributed by atoms with E-state index in [0.29, 0.717) is 5.92 Å². The van der Waals surface area contributed by atoms with Crippen LogP contribution in [0.4, 0.5) is 0 Å². The number of rotatable bonds is 2. The third-order valence-corrected chi connectivity index (χ3v) is 3.50. The lowest BCUT2D eigenvalue weighted by atomic mass is 9.94. The molecule has 2 aromatic rings. The van der Waals surface area contributed by atoms with Crippen molar-refractivity contribution in [2.45, 2.75) is 18.8 Å². The third kappa shape index (κ3) is 2.13. The van der Waals surface area contributed by atoms with E-state index >= 15 is 0 Å². The molecule has 3 rings (SSSR count). The van der Waals surface area contributed by atoms with Crippen LogP contribution in [0.15, 0.2) is 24.5 Å². The highest BCUT2D eigenvalue weighted by Crippen LogP contribution is 2.26. The van der Waals surface area contributed by atoms with Crippen LogP contribution in [0, 0.1) is 0 Å². The summed E-state index contributed by atoms with van der Waals surface area (Å²) < 4.78 is 2.05. The molecule has 2 aromatic heterocycles. The van der Waals surface area contributed by atoms with Crippen molar-refractivity contribution < 1.29 is 0 Å². The molecule has 2 N–H and O–H groups in total. The number of hydrogen-bond acceptors (Lipinski definition) is 2. The van der Waals surface area contributed by atoms with Crippen LogP contribution in [0.25, 0.3) is 11.3 Å². The fourth-order valence-electron chi connectivity index (χ4n) is 2.48. The van der Waals surface area contributed by atoms with Gasteiger partial charge in [0.2, 0.25) is 0 Å². The van der Waals surface area contributed by atoms with Gasteiger partial charge >= 0.3 is 0 Å². The zero-order valence-corrected chi connectivity index (χ0v) is 10.1. The van der Waals surface area contributed by atoms with E-state index in [1.807, 2.05) is 17.8 Å². The Labute approximate surface area is 101 Å². The van der Waals surface area contributed by atoms with Gasteiger partial charge in [-0.1, -0.05) is 0 Å². The van der Waals surface area contributed by atoms with Crippen LogP contribution in [0.2, 0.25) is 0 Å². The topological polar surface area (TPSA) is 45.6 Å². The first kappa shape index (κ1) is 10.6. The summed E-state index contributed by atoms with van der Waals surface area (Å²) in [5, 5.41) is 11.0. The summed E-state index contributed by atoms with van der Waals surface area (Å²) in [7, 11) is 2.03. The minimum absolute atomic E-state index is 0.640. The Morgan fingerprint density at radius 3 is 2.88 bits per heavy atom. The highest BCUT2D eigenvalue weighted by atomic mass is 15.1. The average molecular weight is 230 g/mol. The third-order valence-electron chi connectivity index (χ3n) is 3.50. The lowest BCUT2D eigenvalue weighted by Crippen LogP contribution is -2.26. The van der Waals surface area contributed by atoms with Crippen LogP contribution >= 0.6 is 0 Å². The van der Waals surface area contributed by atoms with Crippen molar-refractivity contribution in [3.05, 3.63) is 30.2 Å². The number of aromatic amines is 1. The smallest absolute Gasteiger partial charge is 0.0938 e. The van der Waals surface area contributed by atoms with Gasteiger partial charge in [0.05, 0.1) is 5.69 Å². The molecule has 17 heavy (non-hydrogen) atoms. The Hall–Kier alpha value is -1.55. The average Bonchev–Trinajstić information content (AvgIpc) is 2.98. The lowest BCUT2D eigenvalue weighted by Gasteiger charge is -2.20. The molecule has 0 aromatic carbocycles. The van der Waals surface area contributed by atoms with E-state index in [1.165, 1.54) is 24.1 Å². The monoisotopic (exact) mass is 230 g/mol. The molecule has 3 heterocycles. The minimum Gasteiger partial charge on any atom is -0.357 e. The Kier molecular flexibility index (Phi) is 2.73. The summed E-state index contributed by atoms with van der Waals surface area (Å²) in [6.45, 7) is 2.23. The first-order valence-corrected chi connectivity index (χ1v) is 6.21. The molecule has 0 saturated carbocycles. The predicted octanol–water partition coefficient (Wildman–Crippen LogP) is 1.88. The SMILES string of the molecule is Cn1ccc(-c2cc(C3CCNCC3)[nH]n2)c1. The highest BCUT2D eigenvalue weighted by molar-refractivity contribution is 5.58. The second kappa shape index (κ2) is 4.37. The summed E-state index contributed by atoms with van der Waals surface area (Å²) in [4.78, 5) is 0. The van der Waals surface area contributed by atoms with Gasteiger partial charge in [0.1, 0.15) is 0 Å². The molecule has 0 amide bonds. The van der Waals surface area contributed by atoms with Gasteiger partial charge in [0.15, 0.2) is 0 Å². The molecule has 1 aliphatic rings. The molecule has 0 bridgehead atoms. The molecule has 0 spiro atoms. The van der Waals surface area contributed by atoms with Crippen molar-refractivity contribution in [1.29, 1.82) is 0 Å². The van der Waals surface area contributed by atoms with Crippen LogP contribution in [0.3, 0.4) is 0 Å². The Morgan fingerprint density at radius 2 is 2.18 bits per heavy atom. The molecule has 4 heteroatoms. The Balaban J connectivity index is 1.82. The fraction of sp³-hybridized carbons (Fsp3) is 0.462. The van der Waals surface area contributed by atoms with Crippen molar-refractivity contribution in [2.75, 3.05) is 13.1 Å². The summed E-state index contributed by atoms with van der Waals surface area (Å²) in [5.41, 5.74) is 3.52. The van der Waals surface area contributed by atoms with Gasteiger partial charge in [-0.15, -0.1) is 0 Å². The highest BCUT2D eigenvalue weighted by Gasteiger charge is 2.17. The zero-order valence-electron chi connectivity index (χ0n) is 10.1. The predicted molar refractivity (Wildman–Crippen MR) is 67.8 cm³/mol. The molecule has 0 radical (unpaired) electrons. The second-order valence-corrected chi connectivity index (χ2v) is 4.80. The molecule has 1 fully saturated rings. The zero-order chi connectivity index (χ0) is 11.7. The van der Waals surface area contributed by atoms with E-state index in [9.17, 15) is 0 Å². The number of nitrogens with one attached hydrogen (secondary N) is 2. The number of aromatic nitrogens is 3. The maximum Gasteiger partial charge on any atom is 0.0938 e. The number of nitrogens with zero attached hydrogens (tertiary/aromatic N) is 2. The van der Waals surface area contributed by atoms with Gasteiger partial charge in [-0.05, 0) is 38.1 Å². The first-order chi connectivity index (χ1) is 8.33. The second-order valence-electron chi connectivity index (χ2n) is 4.80. The van der Waals surface area contributed by atoms with Gasteiger partial charge in [-0.3, -0.25) is 5.10 Å². The molecule has 4 nitrogen and oxygen atoms in total. The number of hydrogen-bond donors (Lipinski definition) is 2. The van der Waals surface area contributed by atoms with Crippen molar-refractivity contribution in [2.24, 2.45) is 7.05 Å². The van der Waals surface area contributed by atoms with Gasteiger partial charge in [-0.25, -0.2) is 0 Å². The maximum atomic E-state index is 4.42. The summed E-state index contributed by atoms with van der Waals surface area (Å²) in [5.74, 6) is 0.640. The standard InChI is InChI=1S/C13H18N4/c1-17-7-4-11(9-17)13-8-12(15-16-13)10-2-5-14-6-3-10/h4,7-10,14H,2-3,5-6H2,1H3,(H,15,16).